The molecule has 1 aromatic heterocycles. The summed E-state index contributed by atoms with van der Waals surface area (Å²) >= 11 is 0. The van der Waals surface area contributed by atoms with Crippen LogP contribution in [0.3, 0.4) is 0 Å². The highest BCUT2D eigenvalue weighted by molar-refractivity contribution is 6.62. The van der Waals surface area contributed by atoms with Gasteiger partial charge in [0.05, 0.1) is 28.1 Å². The Labute approximate surface area is 160 Å². The van der Waals surface area contributed by atoms with Crippen LogP contribution in [0.2, 0.25) is 0 Å². The van der Waals surface area contributed by atoms with Gasteiger partial charge in [-0.05, 0) is 57.8 Å². The Bertz CT molecular complexity index is 960. The molecule has 0 unspecified atom stereocenters. The third-order valence-corrected chi connectivity index (χ3v) is 5.55. The summed E-state index contributed by atoms with van der Waals surface area (Å²) in [6.07, 6.45) is 4.58. The summed E-state index contributed by atoms with van der Waals surface area (Å²) in [5, 5.41) is 0. The molecule has 0 amide bonds. The van der Waals surface area contributed by atoms with Crippen molar-refractivity contribution in [3.8, 4) is 5.69 Å². The van der Waals surface area contributed by atoms with Gasteiger partial charge in [0.15, 0.2) is 0 Å². The largest absolute Gasteiger partial charge is 0.495 e. The van der Waals surface area contributed by atoms with Crippen LogP contribution in [0, 0.1) is 6.92 Å². The molecule has 0 bridgehead atoms. The zero-order chi connectivity index (χ0) is 20.0. The highest BCUT2D eigenvalue weighted by atomic mass is 16.7. The smallest absolute Gasteiger partial charge is 0.399 e. The van der Waals surface area contributed by atoms with Crippen LogP contribution < -0.4 is 11.0 Å². The Hall–Kier alpha value is -2.44. The maximum Gasteiger partial charge on any atom is 0.495 e. The van der Waals surface area contributed by atoms with E-state index in [1.807, 2.05) is 52.8 Å². The quantitative estimate of drug-likeness (QED) is 0.783. The van der Waals surface area contributed by atoms with Crippen molar-refractivity contribution in [2.75, 3.05) is 0 Å². The van der Waals surface area contributed by atoms with Gasteiger partial charge in [-0.25, -0.2) is 4.98 Å². The number of rotatable bonds is 4. The van der Waals surface area contributed by atoms with Gasteiger partial charge in [-0.15, -0.1) is 0 Å². The number of aromatic nitrogens is 2. The van der Waals surface area contributed by atoms with E-state index in [0.29, 0.717) is 11.3 Å². The summed E-state index contributed by atoms with van der Waals surface area (Å²) in [5.74, 6) is 0. The van der Waals surface area contributed by atoms with Crippen molar-refractivity contribution in [2.45, 2.75) is 45.8 Å². The number of benzene rings is 1. The molecule has 1 saturated heterocycles. The third-order valence-electron chi connectivity index (χ3n) is 5.55. The van der Waals surface area contributed by atoms with E-state index in [1.54, 1.807) is 6.08 Å². The van der Waals surface area contributed by atoms with Gasteiger partial charge in [0.2, 0.25) is 0 Å². The average Bonchev–Trinajstić information content (AvgIpc) is 2.82. The lowest BCUT2D eigenvalue weighted by Gasteiger charge is -2.32. The standard InChI is InChI=1S/C21H25BN2O3/c1-8-15-17(9-2)23-13-24(19(15)25)18-12-10-11-16(14(18)3)22-26-20(4,5)21(6,7)27-22/h8-13H,1-2H2,3-7H3. The normalized spacial score (nSPS) is 17.7. The van der Waals surface area contributed by atoms with Crippen LogP contribution in [0.15, 0.2) is 42.5 Å². The molecule has 27 heavy (non-hydrogen) atoms. The van der Waals surface area contributed by atoms with E-state index in [9.17, 15) is 4.79 Å². The van der Waals surface area contributed by atoms with Crippen LogP contribution >= 0.6 is 0 Å². The maximum absolute atomic E-state index is 12.9. The van der Waals surface area contributed by atoms with Crippen molar-refractivity contribution in [1.29, 1.82) is 0 Å². The maximum atomic E-state index is 12.9. The van der Waals surface area contributed by atoms with Crippen LogP contribution in [0.1, 0.15) is 44.5 Å². The van der Waals surface area contributed by atoms with Crippen molar-refractivity contribution < 1.29 is 9.31 Å². The van der Waals surface area contributed by atoms with Gasteiger partial charge in [-0.1, -0.05) is 31.4 Å². The molecule has 0 N–H and O–H groups in total. The first kappa shape index (κ1) is 19.3. The minimum atomic E-state index is -0.495. The van der Waals surface area contributed by atoms with Gasteiger partial charge in [0.25, 0.3) is 5.56 Å². The van der Waals surface area contributed by atoms with Crippen LogP contribution in [0.25, 0.3) is 17.8 Å². The lowest BCUT2D eigenvalue weighted by Crippen LogP contribution is -2.41. The lowest BCUT2D eigenvalue weighted by molar-refractivity contribution is 0.00578. The van der Waals surface area contributed by atoms with Gasteiger partial charge in [0, 0.05) is 0 Å². The van der Waals surface area contributed by atoms with E-state index in [2.05, 4.69) is 18.1 Å². The second-order valence-corrected chi connectivity index (χ2v) is 7.71. The first-order valence-corrected chi connectivity index (χ1v) is 8.95. The molecule has 0 radical (unpaired) electrons. The highest BCUT2D eigenvalue weighted by Gasteiger charge is 2.52. The molecule has 1 aliphatic heterocycles. The summed E-state index contributed by atoms with van der Waals surface area (Å²) in [5.41, 5.74) is 2.42. The monoisotopic (exact) mass is 364 g/mol. The van der Waals surface area contributed by atoms with E-state index in [1.165, 1.54) is 17.0 Å². The van der Waals surface area contributed by atoms with Crippen molar-refractivity contribution in [3.63, 3.8) is 0 Å². The van der Waals surface area contributed by atoms with Crippen molar-refractivity contribution in [3.05, 3.63) is 64.9 Å². The van der Waals surface area contributed by atoms with Crippen LogP contribution in [0.5, 0.6) is 0 Å². The fourth-order valence-corrected chi connectivity index (χ4v) is 3.13. The van der Waals surface area contributed by atoms with Gasteiger partial charge in [-0.2, -0.15) is 0 Å². The molecule has 0 atom stereocenters. The predicted octanol–water partition coefficient (Wildman–Crippen LogP) is 3.13. The Morgan fingerprint density at radius 3 is 2.30 bits per heavy atom. The van der Waals surface area contributed by atoms with Gasteiger partial charge in [-0.3, -0.25) is 9.36 Å². The van der Waals surface area contributed by atoms with Crippen LogP contribution in [0.4, 0.5) is 0 Å². The van der Waals surface area contributed by atoms with Crippen LogP contribution in [-0.4, -0.2) is 27.9 Å². The zero-order valence-electron chi connectivity index (χ0n) is 16.6. The molecular weight excluding hydrogens is 339 g/mol. The molecule has 0 aliphatic carbocycles. The van der Waals surface area contributed by atoms with Crippen molar-refractivity contribution in [2.24, 2.45) is 0 Å². The molecule has 1 aliphatic rings. The summed E-state index contributed by atoms with van der Waals surface area (Å²) < 4.78 is 13.9. The molecule has 2 heterocycles. The summed E-state index contributed by atoms with van der Waals surface area (Å²) in [4.78, 5) is 17.2. The van der Waals surface area contributed by atoms with Crippen molar-refractivity contribution >= 4 is 24.7 Å². The lowest BCUT2D eigenvalue weighted by atomic mass is 9.76. The second-order valence-electron chi connectivity index (χ2n) is 7.71. The summed E-state index contributed by atoms with van der Waals surface area (Å²) in [7, 11) is -0.495. The predicted molar refractivity (Wildman–Crippen MR) is 110 cm³/mol. The minimum Gasteiger partial charge on any atom is -0.399 e. The first-order valence-electron chi connectivity index (χ1n) is 8.95. The Balaban J connectivity index is 2.12. The molecular formula is C21H25BN2O3. The molecule has 1 fully saturated rings. The van der Waals surface area contributed by atoms with E-state index in [-0.39, 0.29) is 5.56 Å². The zero-order valence-corrected chi connectivity index (χ0v) is 16.6. The van der Waals surface area contributed by atoms with Crippen LogP contribution in [-0.2, 0) is 9.31 Å². The average molecular weight is 364 g/mol. The Morgan fingerprint density at radius 2 is 1.74 bits per heavy atom. The summed E-state index contributed by atoms with van der Waals surface area (Å²) in [6, 6.07) is 5.74. The number of nitrogens with zero attached hydrogens (tertiary/aromatic N) is 2. The first-order chi connectivity index (χ1) is 12.6. The van der Waals surface area contributed by atoms with Crippen molar-refractivity contribution in [1.82, 2.24) is 9.55 Å². The summed E-state index contributed by atoms with van der Waals surface area (Å²) in [6.45, 7) is 17.5. The molecule has 0 saturated carbocycles. The Morgan fingerprint density at radius 1 is 1.11 bits per heavy atom. The fourth-order valence-electron chi connectivity index (χ4n) is 3.13. The second kappa shape index (κ2) is 6.62. The Kier molecular flexibility index (Phi) is 4.74. The molecule has 140 valence electrons. The minimum absolute atomic E-state index is 0.191. The highest BCUT2D eigenvalue weighted by Crippen LogP contribution is 2.36. The van der Waals surface area contributed by atoms with E-state index in [4.69, 9.17) is 9.31 Å². The molecule has 6 heteroatoms. The molecule has 5 nitrogen and oxygen atoms in total. The van der Waals surface area contributed by atoms with Gasteiger partial charge < -0.3 is 9.31 Å². The van der Waals surface area contributed by atoms with E-state index in [0.717, 1.165) is 16.7 Å². The topological polar surface area (TPSA) is 53.4 Å². The molecule has 3 rings (SSSR count). The third kappa shape index (κ3) is 3.09. The van der Waals surface area contributed by atoms with E-state index < -0.39 is 18.3 Å². The molecule has 2 aromatic rings. The van der Waals surface area contributed by atoms with Gasteiger partial charge in [0.1, 0.15) is 6.33 Å². The van der Waals surface area contributed by atoms with E-state index >= 15 is 0 Å². The number of hydrogen-bond acceptors (Lipinski definition) is 4. The SMILES string of the molecule is C=Cc1ncn(-c2cccc(B3OC(C)(C)C(C)(C)O3)c2C)c(=O)c1C=C. The number of hydrogen-bond donors (Lipinski definition) is 0. The molecule has 0 spiro atoms. The fraction of sp³-hybridized carbons (Fsp3) is 0.333. The molecule has 1 aromatic carbocycles. The van der Waals surface area contributed by atoms with Gasteiger partial charge >= 0.3 is 7.12 Å².